The summed E-state index contributed by atoms with van der Waals surface area (Å²) >= 11 is 0. The number of amides is 4. The maximum Gasteiger partial charge on any atom is 0.326 e. The number of nitrogens with zero attached hydrogens (tertiary/aromatic N) is 1. The van der Waals surface area contributed by atoms with Gasteiger partial charge in [-0.3, -0.25) is 19.3 Å². The van der Waals surface area contributed by atoms with Gasteiger partial charge in [-0.2, -0.15) is 0 Å². The summed E-state index contributed by atoms with van der Waals surface area (Å²) in [4.78, 5) is 50.2. The molecule has 1 heterocycles. The summed E-state index contributed by atoms with van der Waals surface area (Å²) in [5.41, 5.74) is 1.82. The Morgan fingerprint density at radius 2 is 2.00 bits per heavy atom. The van der Waals surface area contributed by atoms with Crippen LogP contribution < -0.4 is 10.6 Å². The molecule has 3 rings (SSSR count). The molecule has 1 aromatic carbocycles. The number of imide groups is 1. The molecule has 1 aliphatic heterocycles. The molecular formula is C21H27N3O5. The third-order valence-corrected chi connectivity index (χ3v) is 5.94. The number of nitrogens with one attached hydrogen (secondary N) is 2. The molecule has 29 heavy (non-hydrogen) atoms. The van der Waals surface area contributed by atoms with Crippen LogP contribution >= 0.6 is 0 Å². The van der Waals surface area contributed by atoms with Crippen molar-refractivity contribution in [2.75, 3.05) is 18.5 Å². The largest absolute Gasteiger partial charge is 0.454 e. The third-order valence-electron chi connectivity index (χ3n) is 5.94. The van der Waals surface area contributed by atoms with Crippen LogP contribution in [0.5, 0.6) is 0 Å². The van der Waals surface area contributed by atoms with Gasteiger partial charge in [-0.1, -0.05) is 25.8 Å². The number of benzene rings is 1. The minimum atomic E-state index is -0.920. The third kappa shape index (κ3) is 4.26. The summed E-state index contributed by atoms with van der Waals surface area (Å²) in [6.07, 6.45) is 3.29. The molecule has 1 saturated carbocycles. The fourth-order valence-electron chi connectivity index (χ4n) is 3.98. The van der Waals surface area contributed by atoms with Crippen LogP contribution in [0.1, 0.15) is 43.7 Å². The first kappa shape index (κ1) is 20.8. The number of carbonyl (C=O) groups is 4. The first-order valence-corrected chi connectivity index (χ1v) is 9.90. The first-order valence-electron chi connectivity index (χ1n) is 9.90. The molecule has 8 nitrogen and oxygen atoms in total. The molecule has 8 heteroatoms. The van der Waals surface area contributed by atoms with Crippen molar-refractivity contribution in [3.8, 4) is 0 Å². The van der Waals surface area contributed by atoms with Crippen LogP contribution in [-0.2, 0) is 19.1 Å². The van der Waals surface area contributed by atoms with E-state index >= 15 is 0 Å². The highest BCUT2D eigenvalue weighted by Gasteiger charge is 2.55. The van der Waals surface area contributed by atoms with Gasteiger partial charge in [-0.25, -0.2) is 4.79 Å². The number of anilines is 1. The predicted octanol–water partition coefficient (Wildman–Crippen LogP) is 2.29. The fraction of sp³-hybridized carbons (Fsp3) is 0.524. The van der Waals surface area contributed by atoms with E-state index in [1.54, 1.807) is 6.07 Å². The minimum absolute atomic E-state index is 0.0115. The van der Waals surface area contributed by atoms with E-state index in [2.05, 4.69) is 10.6 Å². The van der Waals surface area contributed by atoms with Crippen LogP contribution in [0, 0.1) is 19.8 Å². The van der Waals surface area contributed by atoms with E-state index in [4.69, 9.17) is 4.74 Å². The Morgan fingerprint density at radius 1 is 1.24 bits per heavy atom. The Morgan fingerprint density at radius 3 is 2.69 bits per heavy atom. The SMILES string of the molecule is Cc1ccc(NC(=O)COC(=O)CN2C(=O)N[C@@]3(CCCC[C@@H]3C)C2=O)cc1C. The van der Waals surface area contributed by atoms with Gasteiger partial charge in [-0.15, -0.1) is 0 Å². The number of urea groups is 1. The number of rotatable bonds is 5. The van der Waals surface area contributed by atoms with Gasteiger partial charge in [0.15, 0.2) is 6.61 Å². The first-order chi connectivity index (χ1) is 13.7. The van der Waals surface area contributed by atoms with Crippen molar-refractivity contribution < 1.29 is 23.9 Å². The molecule has 2 N–H and O–H groups in total. The number of ether oxygens (including phenoxy) is 1. The van der Waals surface area contributed by atoms with Crippen LogP contribution in [0.2, 0.25) is 0 Å². The lowest BCUT2D eigenvalue weighted by molar-refractivity contribution is -0.150. The van der Waals surface area contributed by atoms with Gasteiger partial charge in [0.25, 0.3) is 11.8 Å². The highest BCUT2D eigenvalue weighted by molar-refractivity contribution is 6.09. The normalized spacial score (nSPS) is 23.8. The van der Waals surface area contributed by atoms with Crippen molar-refractivity contribution in [2.24, 2.45) is 5.92 Å². The molecular weight excluding hydrogens is 374 g/mol. The van der Waals surface area contributed by atoms with Crippen molar-refractivity contribution >= 4 is 29.5 Å². The summed E-state index contributed by atoms with van der Waals surface area (Å²) in [6.45, 7) is 4.85. The Kier molecular flexibility index (Phi) is 5.91. The lowest BCUT2D eigenvalue weighted by Crippen LogP contribution is -2.54. The summed E-state index contributed by atoms with van der Waals surface area (Å²) in [5.74, 6) is -1.66. The topological polar surface area (TPSA) is 105 Å². The smallest absolute Gasteiger partial charge is 0.326 e. The van der Waals surface area contributed by atoms with E-state index in [-0.39, 0.29) is 11.8 Å². The summed E-state index contributed by atoms with van der Waals surface area (Å²) in [5, 5.41) is 5.43. The van der Waals surface area contributed by atoms with Crippen molar-refractivity contribution in [3.05, 3.63) is 29.3 Å². The second-order valence-electron chi connectivity index (χ2n) is 7.95. The maximum atomic E-state index is 12.8. The number of hydrogen-bond donors (Lipinski definition) is 2. The number of carbonyl (C=O) groups excluding carboxylic acids is 4. The molecule has 1 saturated heterocycles. The molecule has 0 aromatic heterocycles. The second-order valence-corrected chi connectivity index (χ2v) is 7.95. The van der Waals surface area contributed by atoms with E-state index in [9.17, 15) is 19.2 Å². The monoisotopic (exact) mass is 401 g/mol. The van der Waals surface area contributed by atoms with E-state index in [0.717, 1.165) is 35.3 Å². The Labute approximate surface area is 170 Å². The Hall–Kier alpha value is -2.90. The summed E-state index contributed by atoms with van der Waals surface area (Å²) in [6, 6.07) is 4.89. The van der Waals surface area contributed by atoms with Crippen LogP contribution in [-0.4, -0.2) is 47.4 Å². The fourth-order valence-corrected chi connectivity index (χ4v) is 3.98. The predicted molar refractivity (Wildman–Crippen MR) is 106 cm³/mol. The van der Waals surface area contributed by atoms with Crippen LogP contribution in [0.25, 0.3) is 0 Å². The molecule has 2 fully saturated rings. The Bertz CT molecular complexity index is 853. The van der Waals surface area contributed by atoms with Crippen LogP contribution in [0.4, 0.5) is 10.5 Å². The van der Waals surface area contributed by atoms with Gasteiger partial charge in [0.05, 0.1) is 0 Å². The average molecular weight is 401 g/mol. The van der Waals surface area contributed by atoms with Gasteiger partial charge < -0.3 is 15.4 Å². The molecule has 1 aromatic rings. The van der Waals surface area contributed by atoms with Crippen LogP contribution in [0.3, 0.4) is 0 Å². The van der Waals surface area contributed by atoms with Gasteiger partial charge in [0.2, 0.25) is 0 Å². The number of aryl methyl sites for hydroxylation is 2. The number of hydrogen-bond acceptors (Lipinski definition) is 5. The zero-order valence-corrected chi connectivity index (χ0v) is 17.0. The van der Waals surface area contributed by atoms with Gasteiger partial charge in [0, 0.05) is 5.69 Å². The van der Waals surface area contributed by atoms with Gasteiger partial charge >= 0.3 is 12.0 Å². The zero-order chi connectivity index (χ0) is 21.2. The molecule has 4 amide bonds. The van der Waals surface area contributed by atoms with Gasteiger partial charge in [-0.05, 0) is 55.9 Å². The van der Waals surface area contributed by atoms with E-state index < -0.39 is 36.6 Å². The van der Waals surface area contributed by atoms with Crippen molar-refractivity contribution in [3.63, 3.8) is 0 Å². The minimum Gasteiger partial charge on any atom is -0.454 e. The average Bonchev–Trinajstić information content (AvgIpc) is 2.90. The van der Waals surface area contributed by atoms with E-state index in [1.165, 1.54) is 0 Å². The summed E-state index contributed by atoms with van der Waals surface area (Å²) < 4.78 is 4.97. The molecule has 0 bridgehead atoms. The van der Waals surface area contributed by atoms with E-state index in [0.29, 0.717) is 12.1 Å². The van der Waals surface area contributed by atoms with Crippen LogP contribution in [0.15, 0.2) is 18.2 Å². The molecule has 1 spiro atoms. The highest BCUT2D eigenvalue weighted by Crippen LogP contribution is 2.38. The quantitative estimate of drug-likeness (QED) is 0.582. The van der Waals surface area contributed by atoms with E-state index in [1.807, 2.05) is 32.9 Å². The van der Waals surface area contributed by atoms with Gasteiger partial charge in [0.1, 0.15) is 12.1 Å². The molecule has 1 aliphatic carbocycles. The van der Waals surface area contributed by atoms with Crippen molar-refractivity contribution in [1.82, 2.24) is 10.2 Å². The summed E-state index contributed by atoms with van der Waals surface area (Å²) in [7, 11) is 0. The number of esters is 1. The zero-order valence-electron chi connectivity index (χ0n) is 17.0. The Balaban J connectivity index is 1.52. The second kappa shape index (κ2) is 8.23. The standard InChI is InChI=1S/C21H27N3O5/c1-13-7-8-16(10-14(13)2)22-17(25)12-29-18(26)11-24-19(27)21(23-20(24)28)9-5-4-6-15(21)3/h7-8,10,15H,4-6,9,11-12H2,1-3H3,(H,22,25)(H,23,28)/t15-,21+/m0/s1. The lowest BCUT2D eigenvalue weighted by atomic mass is 9.73. The lowest BCUT2D eigenvalue weighted by Gasteiger charge is -2.36. The van der Waals surface area contributed by atoms with Crippen molar-refractivity contribution in [1.29, 1.82) is 0 Å². The molecule has 156 valence electrons. The van der Waals surface area contributed by atoms with Crippen molar-refractivity contribution in [2.45, 2.75) is 52.0 Å². The molecule has 2 atom stereocenters. The highest BCUT2D eigenvalue weighted by atomic mass is 16.5. The maximum absolute atomic E-state index is 12.8. The molecule has 0 unspecified atom stereocenters. The molecule has 0 radical (unpaired) electrons. The molecule has 2 aliphatic rings.